The molecule has 0 aromatic carbocycles. The first-order chi connectivity index (χ1) is 7.85. The molecule has 1 aromatic heterocycles. The first-order valence-electron chi connectivity index (χ1n) is 6.08. The third kappa shape index (κ3) is 2.41. The first kappa shape index (κ1) is 11.5. The zero-order valence-electron chi connectivity index (χ0n) is 9.85. The van der Waals surface area contributed by atoms with Crippen LogP contribution in [0.1, 0.15) is 31.2 Å². The largest absolute Gasteiger partial charge is 0.376 e. The minimum absolute atomic E-state index is 0.317. The van der Waals surface area contributed by atoms with Gasteiger partial charge in [-0.25, -0.2) is 4.68 Å². The van der Waals surface area contributed by atoms with Gasteiger partial charge in [0.2, 0.25) is 0 Å². The van der Waals surface area contributed by atoms with Crippen molar-refractivity contribution >= 4 is 0 Å². The number of nitrogens with zero attached hydrogens (tertiary/aromatic N) is 3. The van der Waals surface area contributed by atoms with E-state index in [1.165, 1.54) is 5.69 Å². The molecule has 1 aliphatic rings. The summed E-state index contributed by atoms with van der Waals surface area (Å²) in [6, 6.07) is 0. The summed E-state index contributed by atoms with van der Waals surface area (Å²) in [6.07, 6.45) is 4.38. The van der Waals surface area contributed by atoms with Crippen LogP contribution in [0.5, 0.6) is 0 Å². The van der Waals surface area contributed by atoms with E-state index in [4.69, 9.17) is 10.5 Å². The SMILES string of the molecule is CCc1c(CCN)nnn1CC1CCCO1. The Labute approximate surface area is 96.0 Å². The van der Waals surface area contributed by atoms with Crippen LogP contribution in [0, 0.1) is 0 Å². The van der Waals surface area contributed by atoms with E-state index in [1.807, 2.05) is 4.68 Å². The molecule has 16 heavy (non-hydrogen) atoms. The summed E-state index contributed by atoms with van der Waals surface area (Å²) < 4.78 is 7.60. The third-order valence-electron chi connectivity index (χ3n) is 3.03. The second kappa shape index (κ2) is 5.41. The van der Waals surface area contributed by atoms with E-state index in [2.05, 4.69) is 17.2 Å². The van der Waals surface area contributed by atoms with Crippen molar-refractivity contribution < 1.29 is 4.74 Å². The highest BCUT2D eigenvalue weighted by molar-refractivity contribution is 5.10. The second-order valence-electron chi connectivity index (χ2n) is 4.19. The van der Waals surface area contributed by atoms with Crippen molar-refractivity contribution in [2.75, 3.05) is 13.2 Å². The molecule has 0 bridgehead atoms. The van der Waals surface area contributed by atoms with Crippen LogP contribution in [0.15, 0.2) is 0 Å². The minimum Gasteiger partial charge on any atom is -0.376 e. The molecule has 5 nitrogen and oxygen atoms in total. The molecule has 0 saturated carbocycles. The minimum atomic E-state index is 0.317. The monoisotopic (exact) mass is 224 g/mol. The van der Waals surface area contributed by atoms with Crippen LogP contribution >= 0.6 is 0 Å². The highest BCUT2D eigenvalue weighted by atomic mass is 16.5. The van der Waals surface area contributed by atoms with Crippen LogP contribution in [-0.2, 0) is 24.1 Å². The van der Waals surface area contributed by atoms with Gasteiger partial charge in [-0.15, -0.1) is 5.10 Å². The predicted molar refractivity (Wildman–Crippen MR) is 61.1 cm³/mol. The van der Waals surface area contributed by atoms with Gasteiger partial charge in [-0.3, -0.25) is 0 Å². The summed E-state index contributed by atoms with van der Waals surface area (Å²) in [5.41, 5.74) is 7.81. The van der Waals surface area contributed by atoms with E-state index in [-0.39, 0.29) is 0 Å². The van der Waals surface area contributed by atoms with Gasteiger partial charge in [0.1, 0.15) is 0 Å². The molecule has 0 amide bonds. The molecule has 2 N–H and O–H groups in total. The van der Waals surface area contributed by atoms with Gasteiger partial charge in [-0.1, -0.05) is 12.1 Å². The summed E-state index contributed by atoms with van der Waals surface area (Å²) in [5, 5.41) is 8.40. The zero-order chi connectivity index (χ0) is 11.4. The van der Waals surface area contributed by atoms with Crippen molar-refractivity contribution in [3.05, 3.63) is 11.4 Å². The lowest BCUT2D eigenvalue weighted by Crippen LogP contribution is -2.18. The van der Waals surface area contributed by atoms with Crippen LogP contribution in [0.4, 0.5) is 0 Å². The molecule has 1 aromatic rings. The molecule has 0 aliphatic carbocycles. The maximum absolute atomic E-state index is 5.61. The number of nitrogens with two attached hydrogens (primary N) is 1. The average Bonchev–Trinajstić information content (AvgIpc) is 2.90. The molecule has 90 valence electrons. The zero-order valence-corrected chi connectivity index (χ0v) is 9.85. The van der Waals surface area contributed by atoms with Crippen LogP contribution in [0.25, 0.3) is 0 Å². The maximum Gasteiger partial charge on any atom is 0.0871 e. The highest BCUT2D eigenvalue weighted by Gasteiger charge is 2.19. The van der Waals surface area contributed by atoms with Gasteiger partial charge in [-0.05, 0) is 25.8 Å². The van der Waals surface area contributed by atoms with E-state index < -0.39 is 0 Å². The summed E-state index contributed by atoms with van der Waals surface area (Å²) >= 11 is 0. The Kier molecular flexibility index (Phi) is 3.90. The molecule has 1 saturated heterocycles. The van der Waals surface area contributed by atoms with E-state index >= 15 is 0 Å². The number of hydrogen-bond donors (Lipinski definition) is 1. The molecule has 1 fully saturated rings. The molecule has 1 aliphatic heterocycles. The standard InChI is InChI=1S/C11H20N4O/c1-2-11-10(5-6-12)13-14-15(11)8-9-4-3-7-16-9/h9H,2-8,12H2,1H3. The Balaban J connectivity index is 2.07. The van der Waals surface area contributed by atoms with E-state index in [0.29, 0.717) is 12.6 Å². The van der Waals surface area contributed by atoms with Crippen molar-refractivity contribution in [2.24, 2.45) is 5.73 Å². The Hall–Kier alpha value is -0.940. The Bertz CT molecular complexity index is 331. The van der Waals surface area contributed by atoms with Gasteiger partial charge in [0.05, 0.1) is 24.0 Å². The fourth-order valence-electron chi connectivity index (χ4n) is 2.21. The summed E-state index contributed by atoms with van der Waals surface area (Å²) in [6.45, 7) is 4.48. The molecule has 0 radical (unpaired) electrons. The van der Waals surface area contributed by atoms with Crippen molar-refractivity contribution in [1.29, 1.82) is 0 Å². The molecule has 2 rings (SSSR count). The topological polar surface area (TPSA) is 66.0 Å². The van der Waals surface area contributed by atoms with Crippen molar-refractivity contribution in [3.63, 3.8) is 0 Å². The summed E-state index contributed by atoms with van der Waals surface area (Å²) in [7, 11) is 0. The normalized spacial score (nSPS) is 20.5. The van der Waals surface area contributed by atoms with Crippen LogP contribution in [-0.4, -0.2) is 34.2 Å². The quantitative estimate of drug-likeness (QED) is 0.792. The predicted octanol–water partition coefficient (Wildman–Crippen LogP) is 0.521. The number of hydrogen-bond acceptors (Lipinski definition) is 4. The number of aromatic nitrogens is 3. The Morgan fingerprint density at radius 1 is 1.56 bits per heavy atom. The van der Waals surface area contributed by atoms with Gasteiger partial charge in [0.15, 0.2) is 0 Å². The van der Waals surface area contributed by atoms with Gasteiger partial charge in [0.25, 0.3) is 0 Å². The molecule has 0 spiro atoms. The summed E-state index contributed by atoms with van der Waals surface area (Å²) in [5.74, 6) is 0. The molecule has 1 atom stereocenters. The molecule has 1 unspecified atom stereocenters. The lowest BCUT2D eigenvalue weighted by atomic mass is 10.2. The molecular formula is C11H20N4O. The average molecular weight is 224 g/mol. The van der Waals surface area contributed by atoms with Gasteiger partial charge < -0.3 is 10.5 Å². The highest BCUT2D eigenvalue weighted by Crippen LogP contribution is 2.15. The van der Waals surface area contributed by atoms with Crippen molar-refractivity contribution in [3.8, 4) is 0 Å². The molecular weight excluding hydrogens is 204 g/mol. The van der Waals surface area contributed by atoms with E-state index in [1.54, 1.807) is 0 Å². The fourth-order valence-corrected chi connectivity index (χ4v) is 2.21. The second-order valence-corrected chi connectivity index (χ2v) is 4.19. The third-order valence-corrected chi connectivity index (χ3v) is 3.03. The number of ether oxygens (including phenoxy) is 1. The van der Waals surface area contributed by atoms with E-state index in [9.17, 15) is 0 Å². The smallest absolute Gasteiger partial charge is 0.0871 e. The lowest BCUT2D eigenvalue weighted by Gasteiger charge is -2.11. The maximum atomic E-state index is 5.61. The van der Waals surface area contributed by atoms with Gasteiger partial charge >= 0.3 is 0 Å². The van der Waals surface area contributed by atoms with Crippen LogP contribution in [0.3, 0.4) is 0 Å². The van der Waals surface area contributed by atoms with Crippen LogP contribution in [0.2, 0.25) is 0 Å². The Morgan fingerprint density at radius 2 is 2.44 bits per heavy atom. The fraction of sp³-hybridized carbons (Fsp3) is 0.818. The van der Waals surface area contributed by atoms with Gasteiger partial charge in [-0.2, -0.15) is 0 Å². The summed E-state index contributed by atoms with van der Waals surface area (Å²) in [4.78, 5) is 0. The molecule has 5 heteroatoms. The lowest BCUT2D eigenvalue weighted by molar-refractivity contribution is 0.0927. The Morgan fingerprint density at radius 3 is 3.06 bits per heavy atom. The van der Waals surface area contributed by atoms with Gasteiger partial charge in [0, 0.05) is 13.0 Å². The molecule has 2 heterocycles. The van der Waals surface area contributed by atoms with E-state index in [0.717, 1.165) is 44.5 Å². The first-order valence-corrected chi connectivity index (χ1v) is 6.08. The number of rotatable bonds is 5. The van der Waals surface area contributed by atoms with Crippen molar-refractivity contribution in [1.82, 2.24) is 15.0 Å². The van der Waals surface area contributed by atoms with Crippen LogP contribution < -0.4 is 5.73 Å². The van der Waals surface area contributed by atoms with Crippen molar-refractivity contribution in [2.45, 2.75) is 45.3 Å².